The molecule has 2 aromatic rings. The lowest BCUT2D eigenvalue weighted by Gasteiger charge is -2.25. The standard InChI is InChI=1S/C22H25N3O6/c1-2-3-12-29-16-10-8-15(9-11-16)21(27)23-13-20(26)24-25-22(28)19-14-30-17-6-4-5-7-18(17)31-19/h4-11,19H,2-3,12-14H2,1H3,(H,23,27)(H,24,26)(H,25,28)/t19-/m1/s1. The number of rotatable bonds is 8. The van der Waals surface area contributed by atoms with Crippen LogP contribution in [0.25, 0.3) is 0 Å². The van der Waals surface area contributed by atoms with E-state index in [2.05, 4.69) is 23.1 Å². The summed E-state index contributed by atoms with van der Waals surface area (Å²) >= 11 is 0. The molecule has 3 rings (SSSR count). The minimum Gasteiger partial charge on any atom is -0.494 e. The molecule has 0 unspecified atom stereocenters. The number of carbonyl (C=O) groups excluding carboxylic acids is 3. The lowest BCUT2D eigenvalue weighted by molar-refractivity contribution is -0.134. The second kappa shape index (κ2) is 10.9. The van der Waals surface area contributed by atoms with Gasteiger partial charge in [0, 0.05) is 5.56 Å². The second-order valence-electron chi connectivity index (χ2n) is 6.81. The zero-order valence-corrected chi connectivity index (χ0v) is 17.2. The van der Waals surface area contributed by atoms with Crippen molar-refractivity contribution in [3.8, 4) is 17.2 Å². The highest BCUT2D eigenvalue weighted by Crippen LogP contribution is 2.30. The third-order valence-electron chi connectivity index (χ3n) is 4.42. The molecule has 0 bridgehead atoms. The van der Waals surface area contributed by atoms with Crippen molar-refractivity contribution in [3.63, 3.8) is 0 Å². The smallest absolute Gasteiger partial charge is 0.283 e. The quantitative estimate of drug-likeness (QED) is 0.435. The Labute approximate surface area is 180 Å². The Kier molecular flexibility index (Phi) is 7.69. The van der Waals surface area contributed by atoms with E-state index in [9.17, 15) is 14.4 Å². The first-order valence-corrected chi connectivity index (χ1v) is 10.0. The van der Waals surface area contributed by atoms with Crippen molar-refractivity contribution in [1.82, 2.24) is 16.2 Å². The number of hydrogen-bond donors (Lipinski definition) is 3. The molecular formula is C22H25N3O6. The van der Waals surface area contributed by atoms with E-state index in [0.717, 1.165) is 12.8 Å². The number of fused-ring (bicyclic) bond motifs is 1. The monoisotopic (exact) mass is 427 g/mol. The van der Waals surface area contributed by atoms with E-state index < -0.39 is 23.8 Å². The molecular weight excluding hydrogens is 402 g/mol. The van der Waals surface area contributed by atoms with Crippen LogP contribution < -0.4 is 30.4 Å². The third kappa shape index (κ3) is 6.36. The summed E-state index contributed by atoms with van der Waals surface area (Å²) in [5.74, 6) is 0.128. The van der Waals surface area contributed by atoms with Crippen LogP contribution in [-0.4, -0.2) is 43.6 Å². The topological polar surface area (TPSA) is 115 Å². The Morgan fingerprint density at radius 1 is 1.03 bits per heavy atom. The van der Waals surface area contributed by atoms with E-state index in [4.69, 9.17) is 14.2 Å². The normalized spacial score (nSPS) is 14.3. The van der Waals surface area contributed by atoms with Crippen LogP contribution in [0.3, 0.4) is 0 Å². The lowest BCUT2D eigenvalue weighted by atomic mass is 10.2. The summed E-state index contributed by atoms with van der Waals surface area (Å²) in [7, 11) is 0. The second-order valence-corrected chi connectivity index (χ2v) is 6.81. The van der Waals surface area contributed by atoms with Gasteiger partial charge in [0.2, 0.25) is 6.10 Å². The molecule has 0 fully saturated rings. The molecule has 0 aromatic heterocycles. The average molecular weight is 427 g/mol. The van der Waals surface area contributed by atoms with Crippen LogP contribution in [-0.2, 0) is 9.59 Å². The van der Waals surface area contributed by atoms with Crippen LogP contribution >= 0.6 is 0 Å². The van der Waals surface area contributed by atoms with Crippen molar-refractivity contribution in [1.29, 1.82) is 0 Å². The third-order valence-corrected chi connectivity index (χ3v) is 4.42. The summed E-state index contributed by atoms with van der Waals surface area (Å²) < 4.78 is 16.6. The molecule has 1 aliphatic heterocycles. The summed E-state index contributed by atoms with van der Waals surface area (Å²) in [6, 6.07) is 13.6. The molecule has 1 heterocycles. The van der Waals surface area contributed by atoms with Gasteiger partial charge in [0.15, 0.2) is 11.5 Å². The number of para-hydroxylation sites is 2. The maximum Gasteiger partial charge on any atom is 0.283 e. The first kappa shape index (κ1) is 21.9. The number of hydrogen-bond acceptors (Lipinski definition) is 6. The summed E-state index contributed by atoms with van der Waals surface area (Å²) in [4.78, 5) is 36.3. The van der Waals surface area contributed by atoms with Crippen molar-refractivity contribution in [3.05, 3.63) is 54.1 Å². The Bertz CT molecular complexity index is 916. The van der Waals surface area contributed by atoms with Crippen LogP contribution in [0.5, 0.6) is 17.2 Å². The Morgan fingerprint density at radius 3 is 2.52 bits per heavy atom. The van der Waals surface area contributed by atoms with E-state index in [1.165, 1.54) is 0 Å². The summed E-state index contributed by atoms with van der Waals surface area (Å²) in [5.41, 5.74) is 4.90. The molecule has 3 N–H and O–H groups in total. The molecule has 0 radical (unpaired) electrons. The Morgan fingerprint density at radius 2 is 1.77 bits per heavy atom. The number of unbranched alkanes of at least 4 members (excludes halogenated alkanes) is 1. The fourth-order valence-electron chi connectivity index (χ4n) is 2.70. The molecule has 31 heavy (non-hydrogen) atoms. The SMILES string of the molecule is CCCCOc1ccc(C(=O)NCC(=O)NNC(=O)[C@H]2COc3ccccc3O2)cc1. The summed E-state index contributed by atoms with van der Waals surface area (Å²) in [5, 5.41) is 2.49. The van der Waals surface area contributed by atoms with E-state index in [-0.39, 0.29) is 13.2 Å². The predicted molar refractivity (Wildman–Crippen MR) is 112 cm³/mol. The maximum atomic E-state index is 12.2. The number of hydrazine groups is 1. The maximum absolute atomic E-state index is 12.2. The van der Waals surface area contributed by atoms with E-state index in [0.29, 0.717) is 29.4 Å². The van der Waals surface area contributed by atoms with Crippen molar-refractivity contribution < 1.29 is 28.6 Å². The van der Waals surface area contributed by atoms with Crippen molar-refractivity contribution in [2.24, 2.45) is 0 Å². The minimum absolute atomic E-state index is 0.0214. The van der Waals surface area contributed by atoms with E-state index >= 15 is 0 Å². The molecule has 1 atom stereocenters. The van der Waals surface area contributed by atoms with E-state index in [1.54, 1.807) is 48.5 Å². The van der Waals surface area contributed by atoms with Gasteiger partial charge in [0.25, 0.3) is 17.7 Å². The first-order chi connectivity index (χ1) is 15.1. The van der Waals surface area contributed by atoms with Gasteiger partial charge in [0.05, 0.1) is 13.2 Å². The van der Waals surface area contributed by atoms with Crippen LogP contribution in [0, 0.1) is 0 Å². The molecule has 0 spiro atoms. The minimum atomic E-state index is -0.900. The van der Waals surface area contributed by atoms with Crippen molar-refractivity contribution in [2.45, 2.75) is 25.9 Å². The summed E-state index contributed by atoms with van der Waals surface area (Å²) in [6.45, 7) is 2.42. The van der Waals surface area contributed by atoms with Crippen molar-refractivity contribution in [2.75, 3.05) is 19.8 Å². The first-order valence-electron chi connectivity index (χ1n) is 10.0. The number of benzene rings is 2. The van der Waals surface area contributed by atoms with E-state index in [1.807, 2.05) is 0 Å². The van der Waals surface area contributed by atoms with Crippen LogP contribution in [0.2, 0.25) is 0 Å². The molecule has 0 saturated carbocycles. The molecule has 2 aromatic carbocycles. The highest BCUT2D eigenvalue weighted by Gasteiger charge is 2.27. The molecule has 9 heteroatoms. The fourth-order valence-corrected chi connectivity index (χ4v) is 2.70. The highest BCUT2D eigenvalue weighted by atomic mass is 16.6. The van der Waals surface area contributed by atoms with Crippen molar-refractivity contribution >= 4 is 17.7 Å². The molecule has 1 aliphatic rings. The lowest BCUT2D eigenvalue weighted by Crippen LogP contribution is -2.52. The van der Waals surface area contributed by atoms with Gasteiger partial charge in [-0.15, -0.1) is 0 Å². The van der Waals surface area contributed by atoms with Gasteiger partial charge in [-0.1, -0.05) is 25.5 Å². The fraction of sp³-hybridized carbons (Fsp3) is 0.318. The van der Waals surface area contributed by atoms with Gasteiger partial charge in [0.1, 0.15) is 12.4 Å². The molecule has 3 amide bonds. The Hall–Kier alpha value is -3.75. The predicted octanol–water partition coefficient (Wildman–Crippen LogP) is 1.58. The Balaban J connectivity index is 1.38. The van der Waals surface area contributed by atoms with Crippen LogP contribution in [0.1, 0.15) is 30.1 Å². The van der Waals surface area contributed by atoms with Gasteiger partial charge in [-0.05, 0) is 42.8 Å². The molecule has 0 saturated heterocycles. The van der Waals surface area contributed by atoms with Gasteiger partial charge in [-0.25, -0.2) is 0 Å². The number of amides is 3. The average Bonchev–Trinajstić information content (AvgIpc) is 2.81. The van der Waals surface area contributed by atoms with Gasteiger partial charge in [-0.2, -0.15) is 0 Å². The van der Waals surface area contributed by atoms with Gasteiger partial charge in [-0.3, -0.25) is 25.2 Å². The van der Waals surface area contributed by atoms with Crippen LogP contribution in [0.4, 0.5) is 0 Å². The highest BCUT2D eigenvalue weighted by molar-refractivity contribution is 5.96. The number of nitrogens with one attached hydrogen (secondary N) is 3. The number of ether oxygens (including phenoxy) is 3. The molecule has 0 aliphatic carbocycles. The molecule has 164 valence electrons. The zero-order valence-electron chi connectivity index (χ0n) is 17.2. The largest absolute Gasteiger partial charge is 0.494 e. The number of carbonyl (C=O) groups is 3. The molecule has 9 nitrogen and oxygen atoms in total. The van der Waals surface area contributed by atoms with Gasteiger partial charge < -0.3 is 19.5 Å². The zero-order chi connectivity index (χ0) is 22.1. The van der Waals surface area contributed by atoms with Crippen LogP contribution in [0.15, 0.2) is 48.5 Å². The summed E-state index contributed by atoms with van der Waals surface area (Å²) in [6.07, 6.45) is 1.10. The van der Waals surface area contributed by atoms with Gasteiger partial charge >= 0.3 is 0 Å².